The Morgan fingerprint density at radius 2 is 1.90 bits per heavy atom. The van der Waals surface area contributed by atoms with E-state index >= 15 is 0 Å². The highest BCUT2D eigenvalue weighted by Crippen LogP contribution is 2.22. The molecule has 0 unspecified atom stereocenters. The van der Waals surface area contributed by atoms with Crippen molar-refractivity contribution in [1.82, 2.24) is 4.98 Å². The summed E-state index contributed by atoms with van der Waals surface area (Å²) in [6.07, 6.45) is 7.85. The van der Waals surface area contributed by atoms with Crippen molar-refractivity contribution in [1.29, 1.82) is 0 Å². The first-order valence-corrected chi connectivity index (χ1v) is 10.6. The van der Waals surface area contributed by atoms with Gasteiger partial charge in [0.15, 0.2) is 0 Å². The van der Waals surface area contributed by atoms with Gasteiger partial charge in [0, 0.05) is 17.4 Å². The van der Waals surface area contributed by atoms with E-state index in [1.807, 2.05) is 88.6 Å². The molecule has 2 rings (SSSR count). The van der Waals surface area contributed by atoms with Crippen LogP contribution in [0.25, 0.3) is 5.57 Å². The molecule has 0 saturated carbocycles. The fourth-order valence-electron chi connectivity index (χ4n) is 2.08. The Kier molecular flexibility index (Phi) is 14.4. The number of carbonyl (C=O) groups excluding carboxylic acids is 1. The standard InChI is InChI=1S/C19H20N4OS.2C2H6/c1-3-8-15(9-4-2)17-13-25-19(21-17)23-22-16(18(20)24)12-14-10-6-5-7-11-14;2*1-2/h3-11,13H,1,12H2,2H3,(H2,20,24)(H,21,23);2*1-2H3/b9-4-,15-8+,22-16+;;. The van der Waals surface area contributed by atoms with Crippen LogP contribution in [0.3, 0.4) is 0 Å². The van der Waals surface area contributed by atoms with E-state index in [1.165, 1.54) is 11.3 Å². The van der Waals surface area contributed by atoms with Gasteiger partial charge in [0.2, 0.25) is 5.13 Å². The van der Waals surface area contributed by atoms with Crippen LogP contribution in [0.1, 0.15) is 45.9 Å². The lowest BCUT2D eigenvalue weighted by Gasteiger charge is -2.03. The smallest absolute Gasteiger partial charge is 0.265 e. The van der Waals surface area contributed by atoms with E-state index in [0.29, 0.717) is 11.6 Å². The molecule has 1 aromatic heterocycles. The molecule has 1 heterocycles. The van der Waals surface area contributed by atoms with Crippen molar-refractivity contribution in [3.63, 3.8) is 0 Å². The number of primary amides is 1. The monoisotopic (exact) mass is 412 g/mol. The van der Waals surface area contributed by atoms with Crippen LogP contribution in [0.2, 0.25) is 0 Å². The summed E-state index contributed by atoms with van der Waals surface area (Å²) in [5, 5.41) is 6.63. The average molecular weight is 413 g/mol. The minimum Gasteiger partial charge on any atom is -0.364 e. The number of nitrogens with one attached hydrogen (secondary N) is 1. The predicted octanol–water partition coefficient (Wildman–Crippen LogP) is 5.84. The van der Waals surface area contributed by atoms with Crippen LogP contribution in [0, 0.1) is 0 Å². The number of carbonyl (C=O) groups is 1. The molecule has 1 amide bonds. The molecular weight excluding hydrogens is 380 g/mol. The Labute approximate surface area is 178 Å². The fourth-order valence-corrected chi connectivity index (χ4v) is 2.74. The lowest BCUT2D eigenvalue weighted by atomic mass is 10.1. The zero-order valence-electron chi connectivity index (χ0n) is 18.0. The summed E-state index contributed by atoms with van der Waals surface area (Å²) in [4.78, 5) is 16.1. The number of aromatic nitrogens is 1. The molecule has 0 fully saturated rings. The maximum Gasteiger partial charge on any atom is 0.265 e. The number of benzene rings is 1. The van der Waals surface area contributed by atoms with Gasteiger partial charge in [-0.15, -0.1) is 11.3 Å². The predicted molar refractivity (Wildman–Crippen MR) is 128 cm³/mol. The molecular formula is C23H32N4OS. The largest absolute Gasteiger partial charge is 0.364 e. The maximum atomic E-state index is 11.6. The van der Waals surface area contributed by atoms with E-state index in [4.69, 9.17) is 5.73 Å². The summed E-state index contributed by atoms with van der Waals surface area (Å²) in [5.74, 6) is -0.561. The van der Waals surface area contributed by atoms with Crippen LogP contribution in [-0.2, 0) is 11.2 Å². The minimum atomic E-state index is -0.561. The van der Waals surface area contributed by atoms with Gasteiger partial charge in [0.25, 0.3) is 5.91 Å². The summed E-state index contributed by atoms with van der Waals surface area (Å²) in [6, 6.07) is 9.57. The van der Waals surface area contributed by atoms with Gasteiger partial charge >= 0.3 is 0 Å². The number of thiazole rings is 1. The van der Waals surface area contributed by atoms with Crippen LogP contribution in [0.4, 0.5) is 5.13 Å². The summed E-state index contributed by atoms with van der Waals surface area (Å²) >= 11 is 1.40. The molecule has 2 aromatic rings. The Morgan fingerprint density at radius 1 is 1.24 bits per heavy atom. The lowest BCUT2D eigenvalue weighted by Crippen LogP contribution is -2.26. The third-order valence-electron chi connectivity index (χ3n) is 3.23. The molecule has 0 radical (unpaired) electrons. The topological polar surface area (TPSA) is 80.4 Å². The van der Waals surface area contributed by atoms with Gasteiger partial charge in [-0.25, -0.2) is 4.98 Å². The Bertz CT molecular complexity index is 820. The highest BCUT2D eigenvalue weighted by molar-refractivity contribution is 7.13. The zero-order chi connectivity index (χ0) is 22.1. The summed E-state index contributed by atoms with van der Waals surface area (Å²) in [5.41, 5.74) is 11.2. The molecule has 3 N–H and O–H groups in total. The first-order chi connectivity index (χ1) is 14.1. The van der Waals surface area contributed by atoms with Crippen molar-refractivity contribution in [2.24, 2.45) is 10.8 Å². The summed E-state index contributed by atoms with van der Waals surface area (Å²) in [6.45, 7) is 13.7. The number of hydrogen-bond donors (Lipinski definition) is 2. The van der Waals surface area contributed by atoms with E-state index in [0.717, 1.165) is 16.8 Å². The molecule has 156 valence electrons. The molecule has 0 aliphatic rings. The number of anilines is 1. The van der Waals surface area contributed by atoms with Gasteiger partial charge < -0.3 is 5.73 Å². The highest BCUT2D eigenvalue weighted by Gasteiger charge is 2.10. The van der Waals surface area contributed by atoms with Gasteiger partial charge in [-0.1, -0.05) is 88.9 Å². The van der Waals surface area contributed by atoms with E-state index in [1.54, 1.807) is 6.08 Å². The quantitative estimate of drug-likeness (QED) is 0.325. The van der Waals surface area contributed by atoms with Crippen LogP contribution < -0.4 is 11.2 Å². The normalized spacial score (nSPS) is 11.1. The molecule has 6 heteroatoms. The molecule has 0 spiro atoms. The number of nitrogens with zero attached hydrogens (tertiary/aromatic N) is 2. The lowest BCUT2D eigenvalue weighted by molar-refractivity contribution is -0.112. The minimum absolute atomic E-state index is 0.248. The van der Waals surface area contributed by atoms with Gasteiger partial charge in [0.1, 0.15) is 5.71 Å². The summed E-state index contributed by atoms with van der Waals surface area (Å²) < 4.78 is 0. The van der Waals surface area contributed by atoms with Gasteiger partial charge in [0.05, 0.1) is 5.69 Å². The maximum absolute atomic E-state index is 11.6. The fraction of sp³-hybridized carbons (Fsp3) is 0.261. The van der Waals surface area contributed by atoms with Crippen molar-refractivity contribution >= 4 is 33.7 Å². The Hall–Kier alpha value is -2.99. The average Bonchev–Trinajstić information content (AvgIpc) is 3.23. The molecule has 0 aliphatic carbocycles. The summed E-state index contributed by atoms with van der Waals surface area (Å²) in [7, 11) is 0. The first kappa shape index (κ1) is 26.0. The van der Waals surface area contributed by atoms with Crippen LogP contribution in [-0.4, -0.2) is 16.6 Å². The molecule has 29 heavy (non-hydrogen) atoms. The number of rotatable bonds is 8. The molecule has 0 bridgehead atoms. The zero-order valence-corrected chi connectivity index (χ0v) is 18.8. The second-order valence-electron chi connectivity index (χ2n) is 5.09. The van der Waals surface area contributed by atoms with E-state index in [9.17, 15) is 4.79 Å². The highest BCUT2D eigenvalue weighted by atomic mass is 32.1. The van der Waals surface area contributed by atoms with Crippen LogP contribution in [0.15, 0.2) is 71.7 Å². The number of hydrogen-bond acceptors (Lipinski definition) is 5. The van der Waals surface area contributed by atoms with Gasteiger partial charge in [-0.2, -0.15) is 5.10 Å². The van der Waals surface area contributed by atoms with Gasteiger partial charge in [-0.05, 0) is 12.5 Å². The molecule has 0 saturated heterocycles. The number of hydrazone groups is 1. The van der Waals surface area contributed by atoms with Crippen LogP contribution in [0.5, 0.6) is 0 Å². The van der Waals surface area contributed by atoms with E-state index in [2.05, 4.69) is 22.1 Å². The van der Waals surface area contributed by atoms with Gasteiger partial charge in [-0.3, -0.25) is 10.2 Å². The van der Waals surface area contributed by atoms with E-state index < -0.39 is 5.91 Å². The van der Waals surface area contributed by atoms with Crippen LogP contribution >= 0.6 is 11.3 Å². The Balaban J connectivity index is 0.00000184. The van der Waals surface area contributed by atoms with Crippen molar-refractivity contribution in [2.45, 2.75) is 41.0 Å². The van der Waals surface area contributed by atoms with E-state index in [-0.39, 0.29) is 5.71 Å². The SMILES string of the molecule is C=C/C=C(\C=C/C)c1csc(N/N=C(\Cc2ccccc2)C(N)=O)n1.CC.CC. The van der Waals surface area contributed by atoms with Crippen molar-refractivity contribution in [3.8, 4) is 0 Å². The van der Waals surface area contributed by atoms with Crippen molar-refractivity contribution < 1.29 is 4.79 Å². The number of allylic oxidation sites excluding steroid dienone is 5. The third-order valence-corrected chi connectivity index (χ3v) is 3.98. The van der Waals surface area contributed by atoms with Crippen molar-refractivity contribution in [2.75, 3.05) is 5.43 Å². The third kappa shape index (κ3) is 9.67. The second kappa shape index (κ2) is 16.0. The number of amides is 1. The second-order valence-corrected chi connectivity index (χ2v) is 5.95. The molecule has 5 nitrogen and oxygen atoms in total. The molecule has 0 aliphatic heterocycles. The Morgan fingerprint density at radius 3 is 2.45 bits per heavy atom. The molecule has 1 aromatic carbocycles. The first-order valence-electron chi connectivity index (χ1n) is 9.71. The van der Waals surface area contributed by atoms with Crippen molar-refractivity contribution in [3.05, 3.63) is 77.9 Å². The molecule has 0 atom stereocenters. The number of nitrogens with two attached hydrogens (primary N) is 1.